The van der Waals surface area contributed by atoms with Crippen LogP contribution in [0.1, 0.15) is 5.56 Å². The lowest BCUT2D eigenvalue weighted by Gasteiger charge is -2.19. The third-order valence-corrected chi connectivity index (χ3v) is 2.51. The average Bonchev–Trinajstić information content (AvgIpc) is 2.15. The normalized spacial score (nSPS) is 14.9. The monoisotopic (exact) mass is 248 g/mol. The van der Waals surface area contributed by atoms with Crippen molar-refractivity contribution in [2.45, 2.75) is 6.61 Å². The minimum Gasteiger partial charge on any atom is -0.504 e. The Balaban J connectivity index is 2.60. The van der Waals surface area contributed by atoms with Gasteiger partial charge in [-0.3, -0.25) is 0 Å². The minimum atomic E-state index is -0.681. The van der Waals surface area contributed by atoms with E-state index >= 15 is 0 Å². The van der Waals surface area contributed by atoms with Crippen molar-refractivity contribution >= 4 is 15.9 Å². The van der Waals surface area contributed by atoms with Crippen molar-refractivity contribution in [2.24, 2.45) is 0 Å². The van der Waals surface area contributed by atoms with E-state index in [1.165, 1.54) is 6.07 Å². The Morgan fingerprint density at radius 1 is 1.54 bits per heavy atom. The van der Waals surface area contributed by atoms with Crippen LogP contribution in [0.3, 0.4) is 0 Å². The van der Waals surface area contributed by atoms with Gasteiger partial charge in [-0.25, -0.2) is 4.39 Å². The highest BCUT2D eigenvalue weighted by atomic mass is 79.9. The fourth-order valence-electron chi connectivity index (χ4n) is 1.16. The summed E-state index contributed by atoms with van der Waals surface area (Å²) >= 11 is 3.05. The third-order valence-electron chi connectivity index (χ3n) is 1.77. The molecule has 0 spiro atoms. The van der Waals surface area contributed by atoms with Crippen molar-refractivity contribution in [3.63, 3.8) is 0 Å². The second-order valence-corrected chi connectivity index (χ2v) is 3.41. The number of hydrogen-bond donors (Lipinski definition) is 1. The van der Waals surface area contributed by atoms with E-state index in [-0.39, 0.29) is 11.3 Å². The molecule has 5 heteroatoms. The first-order valence-electron chi connectivity index (χ1n) is 3.60. The first-order chi connectivity index (χ1) is 6.20. The van der Waals surface area contributed by atoms with E-state index in [2.05, 4.69) is 15.9 Å². The Hall–Kier alpha value is -0.810. The molecular formula is C8H6BrFO3. The largest absolute Gasteiger partial charge is 0.504 e. The second-order valence-electron chi connectivity index (χ2n) is 2.62. The van der Waals surface area contributed by atoms with Crippen molar-refractivity contribution in [1.29, 1.82) is 0 Å². The minimum absolute atomic E-state index is 0.122. The third kappa shape index (κ3) is 1.38. The molecule has 0 unspecified atom stereocenters. The van der Waals surface area contributed by atoms with Crippen LogP contribution in [0.4, 0.5) is 4.39 Å². The van der Waals surface area contributed by atoms with E-state index in [0.29, 0.717) is 17.9 Å². The summed E-state index contributed by atoms with van der Waals surface area (Å²) in [6.45, 7) is 0.418. The number of aromatic hydroxyl groups is 1. The molecule has 3 nitrogen and oxygen atoms in total. The highest BCUT2D eigenvalue weighted by molar-refractivity contribution is 9.10. The zero-order valence-electron chi connectivity index (χ0n) is 6.51. The summed E-state index contributed by atoms with van der Waals surface area (Å²) in [5.41, 5.74) is 0.591. The molecule has 0 aromatic heterocycles. The zero-order chi connectivity index (χ0) is 9.42. The van der Waals surface area contributed by atoms with Crippen LogP contribution in [0, 0.1) is 5.82 Å². The summed E-state index contributed by atoms with van der Waals surface area (Å²) in [4.78, 5) is 0. The molecule has 70 valence electrons. The molecule has 2 rings (SSSR count). The number of ether oxygens (including phenoxy) is 2. The highest BCUT2D eigenvalue weighted by Crippen LogP contribution is 2.40. The average molecular weight is 249 g/mol. The maximum absolute atomic E-state index is 13.0. The predicted octanol–water partition coefficient (Wildman–Crippen LogP) is 2.16. The van der Waals surface area contributed by atoms with Crippen molar-refractivity contribution in [1.82, 2.24) is 0 Å². The molecule has 0 atom stereocenters. The van der Waals surface area contributed by atoms with Gasteiger partial charge in [0.25, 0.3) is 0 Å². The van der Waals surface area contributed by atoms with E-state index < -0.39 is 11.6 Å². The summed E-state index contributed by atoms with van der Waals surface area (Å²) in [5.74, 6) is -0.662. The van der Waals surface area contributed by atoms with Gasteiger partial charge < -0.3 is 14.6 Å². The lowest BCUT2D eigenvalue weighted by molar-refractivity contribution is -0.0173. The van der Waals surface area contributed by atoms with Gasteiger partial charge in [0.15, 0.2) is 18.4 Å². The van der Waals surface area contributed by atoms with Crippen molar-refractivity contribution < 1.29 is 19.0 Å². The molecule has 1 aliphatic heterocycles. The fourth-order valence-corrected chi connectivity index (χ4v) is 1.71. The molecule has 0 bridgehead atoms. The van der Waals surface area contributed by atoms with Gasteiger partial charge >= 0.3 is 0 Å². The van der Waals surface area contributed by atoms with E-state index in [9.17, 15) is 9.50 Å². The van der Waals surface area contributed by atoms with Crippen molar-refractivity contribution in [3.05, 3.63) is 21.9 Å². The van der Waals surface area contributed by atoms with Crippen LogP contribution in [0.5, 0.6) is 11.5 Å². The fraction of sp³-hybridized carbons (Fsp3) is 0.250. The first-order valence-corrected chi connectivity index (χ1v) is 4.40. The number of hydrogen-bond acceptors (Lipinski definition) is 3. The Morgan fingerprint density at radius 2 is 2.31 bits per heavy atom. The summed E-state index contributed by atoms with van der Waals surface area (Å²) in [6.07, 6.45) is 0. The van der Waals surface area contributed by atoms with Gasteiger partial charge in [0.05, 0.1) is 6.61 Å². The van der Waals surface area contributed by atoms with Gasteiger partial charge in [-0.05, 0) is 22.0 Å². The van der Waals surface area contributed by atoms with Gasteiger partial charge in [0.2, 0.25) is 0 Å². The van der Waals surface area contributed by atoms with Crippen LogP contribution in [0.2, 0.25) is 0 Å². The SMILES string of the molecule is Oc1c(F)cc2c(c1Br)OCOC2. The van der Waals surface area contributed by atoms with E-state index in [0.717, 1.165) is 0 Å². The summed E-state index contributed by atoms with van der Waals surface area (Å²) in [6, 6.07) is 1.20. The number of phenolic OH excluding ortho intramolecular Hbond substituents is 1. The van der Waals surface area contributed by atoms with Crippen LogP contribution in [-0.2, 0) is 11.3 Å². The smallest absolute Gasteiger partial charge is 0.189 e. The maximum atomic E-state index is 13.0. The Morgan fingerprint density at radius 3 is 3.08 bits per heavy atom. The van der Waals surface area contributed by atoms with Gasteiger partial charge in [0.1, 0.15) is 10.2 Å². The molecular weight excluding hydrogens is 243 g/mol. The van der Waals surface area contributed by atoms with E-state index in [1.54, 1.807) is 0 Å². The molecule has 1 heterocycles. The Bertz CT molecular complexity index is 354. The molecule has 0 saturated carbocycles. The van der Waals surface area contributed by atoms with Gasteiger partial charge in [-0.15, -0.1) is 0 Å². The van der Waals surface area contributed by atoms with Crippen molar-refractivity contribution in [3.8, 4) is 11.5 Å². The summed E-state index contributed by atoms with van der Waals surface area (Å²) in [5, 5.41) is 9.22. The van der Waals surface area contributed by atoms with Crippen LogP contribution >= 0.6 is 15.9 Å². The van der Waals surface area contributed by atoms with Crippen LogP contribution < -0.4 is 4.74 Å². The summed E-state index contributed by atoms with van der Waals surface area (Å²) in [7, 11) is 0. The number of phenols is 1. The topological polar surface area (TPSA) is 38.7 Å². The number of rotatable bonds is 0. The summed E-state index contributed by atoms with van der Waals surface area (Å²) < 4.78 is 23.3. The Labute approximate surface area is 82.2 Å². The molecule has 0 radical (unpaired) electrons. The van der Waals surface area contributed by atoms with Gasteiger partial charge in [-0.2, -0.15) is 0 Å². The molecule has 1 N–H and O–H groups in total. The second kappa shape index (κ2) is 3.16. The zero-order valence-corrected chi connectivity index (χ0v) is 8.10. The molecule has 1 aromatic carbocycles. The van der Waals surface area contributed by atoms with Crippen LogP contribution in [0.15, 0.2) is 10.5 Å². The van der Waals surface area contributed by atoms with Crippen LogP contribution in [0.25, 0.3) is 0 Å². The maximum Gasteiger partial charge on any atom is 0.189 e. The van der Waals surface area contributed by atoms with Gasteiger partial charge in [-0.1, -0.05) is 0 Å². The van der Waals surface area contributed by atoms with E-state index in [1.807, 2.05) is 0 Å². The van der Waals surface area contributed by atoms with Crippen molar-refractivity contribution in [2.75, 3.05) is 6.79 Å². The van der Waals surface area contributed by atoms with Gasteiger partial charge in [0, 0.05) is 5.56 Å². The molecule has 0 aliphatic carbocycles. The molecule has 1 aliphatic rings. The predicted molar refractivity (Wildman–Crippen MR) is 46.0 cm³/mol. The molecule has 0 amide bonds. The van der Waals surface area contributed by atoms with E-state index in [4.69, 9.17) is 9.47 Å². The number of benzene rings is 1. The lowest BCUT2D eigenvalue weighted by atomic mass is 10.2. The first kappa shape index (κ1) is 8.77. The number of fused-ring (bicyclic) bond motifs is 1. The van der Waals surface area contributed by atoms with Crippen LogP contribution in [-0.4, -0.2) is 11.9 Å². The Kier molecular flexibility index (Phi) is 2.13. The standard InChI is InChI=1S/C8H6BrFO3/c9-6-7(11)5(10)1-4-2-12-3-13-8(4)6/h1,11H,2-3H2. The molecule has 1 aromatic rings. The molecule has 13 heavy (non-hydrogen) atoms. The molecule has 0 fully saturated rings. The highest BCUT2D eigenvalue weighted by Gasteiger charge is 2.20. The lowest BCUT2D eigenvalue weighted by Crippen LogP contribution is -2.12. The number of halogens is 2. The molecule has 0 saturated heterocycles. The quantitative estimate of drug-likeness (QED) is 0.765.